The van der Waals surface area contributed by atoms with Crippen LogP contribution >= 0.6 is 0 Å². The van der Waals surface area contributed by atoms with Crippen LogP contribution in [-0.2, 0) is 6.54 Å². The predicted molar refractivity (Wildman–Crippen MR) is 64.1 cm³/mol. The second-order valence-electron chi connectivity index (χ2n) is 3.63. The van der Waals surface area contributed by atoms with Crippen molar-refractivity contribution in [2.24, 2.45) is 5.73 Å². The fourth-order valence-electron chi connectivity index (χ4n) is 1.60. The molecule has 0 radical (unpaired) electrons. The number of halogens is 1. The molecule has 2 aromatic rings. The Kier molecular flexibility index (Phi) is 3.35. The average molecular weight is 232 g/mol. The Hall–Kier alpha value is -1.94. The van der Waals surface area contributed by atoms with Crippen molar-refractivity contribution in [2.45, 2.75) is 6.54 Å². The second kappa shape index (κ2) is 4.93. The topological polar surface area (TPSA) is 48.1 Å². The Morgan fingerprint density at radius 2 is 2.12 bits per heavy atom. The van der Waals surface area contributed by atoms with Crippen molar-refractivity contribution in [1.82, 2.24) is 4.98 Å². The lowest BCUT2D eigenvalue weighted by Crippen LogP contribution is -1.97. The number of pyridine rings is 1. The van der Waals surface area contributed by atoms with Gasteiger partial charge in [0.05, 0.1) is 7.11 Å². The molecule has 0 saturated carbocycles. The lowest BCUT2D eigenvalue weighted by Gasteiger charge is -2.06. The molecule has 17 heavy (non-hydrogen) atoms. The molecule has 88 valence electrons. The van der Waals surface area contributed by atoms with E-state index in [-0.39, 0.29) is 5.82 Å². The van der Waals surface area contributed by atoms with Crippen molar-refractivity contribution in [3.63, 3.8) is 0 Å². The number of nitrogens with two attached hydrogens (primary N) is 1. The Bertz CT molecular complexity index is 529. The van der Waals surface area contributed by atoms with Crippen LogP contribution in [0.2, 0.25) is 0 Å². The lowest BCUT2D eigenvalue weighted by molar-refractivity contribution is 0.411. The zero-order valence-corrected chi connectivity index (χ0v) is 9.48. The molecule has 0 amide bonds. The molecule has 2 N–H and O–H groups in total. The van der Waals surface area contributed by atoms with Gasteiger partial charge in [-0.3, -0.25) is 4.98 Å². The lowest BCUT2D eigenvalue weighted by atomic mass is 10.1. The third-order valence-electron chi connectivity index (χ3n) is 2.52. The maximum Gasteiger partial charge on any atom is 0.134 e. The minimum Gasteiger partial charge on any atom is -0.497 e. The minimum absolute atomic E-state index is 0.333. The number of rotatable bonds is 3. The van der Waals surface area contributed by atoms with E-state index in [1.54, 1.807) is 24.5 Å². The zero-order chi connectivity index (χ0) is 12.3. The number of ether oxygens (including phenoxy) is 1. The summed E-state index contributed by atoms with van der Waals surface area (Å²) in [4.78, 5) is 4.04. The Morgan fingerprint density at radius 3 is 2.76 bits per heavy atom. The van der Waals surface area contributed by atoms with Crippen molar-refractivity contribution >= 4 is 0 Å². The molecule has 1 aromatic carbocycles. The van der Waals surface area contributed by atoms with E-state index >= 15 is 0 Å². The van der Waals surface area contributed by atoms with Gasteiger partial charge in [0.25, 0.3) is 0 Å². The Balaban J connectivity index is 2.45. The molecule has 1 heterocycles. The van der Waals surface area contributed by atoms with Crippen molar-refractivity contribution in [3.05, 3.63) is 48.0 Å². The van der Waals surface area contributed by atoms with Crippen molar-refractivity contribution in [2.75, 3.05) is 7.11 Å². The van der Waals surface area contributed by atoms with E-state index in [0.717, 1.165) is 5.56 Å². The largest absolute Gasteiger partial charge is 0.497 e. The number of benzene rings is 1. The van der Waals surface area contributed by atoms with Crippen molar-refractivity contribution in [3.8, 4) is 16.9 Å². The van der Waals surface area contributed by atoms with Crippen LogP contribution < -0.4 is 10.5 Å². The van der Waals surface area contributed by atoms with Gasteiger partial charge in [-0.2, -0.15) is 0 Å². The standard InChI is InChI=1S/C13H13FN2O/c1-17-11-2-3-12(13(14)5-11)10-4-9(6-15)7-16-8-10/h2-5,7-8H,6,15H2,1H3. The molecule has 0 aliphatic heterocycles. The summed E-state index contributed by atoms with van der Waals surface area (Å²) in [5, 5.41) is 0. The molecular weight excluding hydrogens is 219 g/mol. The number of aromatic nitrogens is 1. The van der Waals surface area contributed by atoms with Gasteiger partial charge in [-0.05, 0) is 23.8 Å². The summed E-state index contributed by atoms with van der Waals surface area (Å²) in [5.74, 6) is 0.162. The Labute approximate surface area is 99.1 Å². The first kappa shape index (κ1) is 11.5. The first-order valence-electron chi connectivity index (χ1n) is 5.22. The number of methoxy groups -OCH3 is 1. The maximum absolute atomic E-state index is 13.8. The highest BCUT2D eigenvalue weighted by Gasteiger charge is 2.07. The number of nitrogens with zero attached hydrogens (tertiary/aromatic N) is 1. The van der Waals surface area contributed by atoms with Crippen LogP contribution in [0.3, 0.4) is 0 Å². The molecule has 0 spiro atoms. The van der Waals surface area contributed by atoms with Gasteiger partial charge >= 0.3 is 0 Å². The smallest absolute Gasteiger partial charge is 0.134 e. The first-order chi connectivity index (χ1) is 8.24. The molecule has 2 rings (SSSR count). The highest BCUT2D eigenvalue weighted by atomic mass is 19.1. The number of hydrogen-bond donors (Lipinski definition) is 1. The summed E-state index contributed by atoms with van der Waals surface area (Å²) in [7, 11) is 1.51. The van der Waals surface area contributed by atoms with Crippen LogP contribution in [0.4, 0.5) is 4.39 Å². The van der Waals surface area contributed by atoms with E-state index in [1.165, 1.54) is 13.2 Å². The molecule has 0 atom stereocenters. The van der Waals surface area contributed by atoms with Crippen LogP contribution in [0, 0.1) is 5.82 Å². The van der Waals surface area contributed by atoms with Gasteiger partial charge in [-0.15, -0.1) is 0 Å². The average Bonchev–Trinajstić information content (AvgIpc) is 2.38. The van der Waals surface area contributed by atoms with Gasteiger partial charge in [0.2, 0.25) is 0 Å². The zero-order valence-electron chi connectivity index (χ0n) is 9.48. The van der Waals surface area contributed by atoms with Gasteiger partial charge in [-0.25, -0.2) is 4.39 Å². The first-order valence-corrected chi connectivity index (χ1v) is 5.22. The highest BCUT2D eigenvalue weighted by Crippen LogP contribution is 2.26. The van der Waals surface area contributed by atoms with E-state index < -0.39 is 0 Å². The summed E-state index contributed by atoms with van der Waals surface area (Å²) >= 11 is 0. The van der Waals surface area contributed by atoms with Crippen molar-refractivity contribution < 1.29 is 9.13 Å². The van der Waals surface area contributed by atoms with Gasteiger partial charge in [0.1, 0.15) is 11.6 Å². The predicted octanol–water partition coefficient (Wildman–Crippen LogP) is 2.36. The third-order valence-corrected chi connectivity index (χ3v) is 2.52. The molecule has 4 heteroatoms. The van der Waals surface area contributed by atoms with E-state index in [2.05, 4.69) is 4.98 Å². The summed E-state index contributed by atoms with van der Waals surface area (Å²) in [6.45, 7) is 0.388. The fraction of sp³-hybridized carbons (Fsp3) is 0.154. The highest BCUT2D eigenvalue weighted by molar-refractivity contribution is 5.64. The van der Waals surface area contributed by atoms with E-state index in [1.807, 2.05) is 6.07 Å². The third kappa shape index (κ3) is 2.42. The summed E-state index contributed by atoms with van der Waals surface area (Å²) < 4.78 is 18.8. The van der Waals surface area contributed by atoms with E-state index in [4.69, 9.17) is 10.5 Å². The van der Waals surface area contributed by atoms with Crippen LogP contribution in [0.1, 0.15) is 5.56 Å². The van der Waals surface area contributed by atoms with Gasteiger partial charge in [0, 0.05) is 36.1 Å². The van der Waals surface area contributed by atoms with Crippen LogP contribution in [0.25, 0.3) is 11.1 Å². The molecule has 3 nitrogen and oxygen atoms in total. The van der Waals surface area contributed by atoms with Crippen LogP contribution in [0.15, 0.2) is 36.7 Å². The molecule has 0 fully saturated rings. The van der Waals surface area contributed by atoms with Gasteiger partial charge < -0.3 is 10.5 Å². The summed E-state index contributed by atoms with van der Waals surface area (Å²) in [6, 6.07) is 6.57. The monoisotopic (exact) mass is 232 g/mol. The van der Waals surface area contributed by atoms with Gasteiger partial charge in [-0.1, -0.05) is 0 Å². The summed E-state index contributed by atoms with van der Waals surface area (Å²) in [5.41, 5.74) is 7.61. The van der Waals surface area contributed by atoms with Crippen molar-refractivity contribution in [1.29, 1.82) is 0 Å². The quantitative estimate of drug-likeness (QED) is 0.883. The molecule has 0 bridgehead atoms. The molecule has 0 aliphatic rings. The molecule has 0 saturated heterocycles. The summed E-state index contributed by atoms with van der Waals surface area (Å²) in [6.07, 6.45) is 3.29. The SMILES string of the molecule is COc1ccc(-c2cncc(CN)c2)c(F)c1. The van der Waals surface area contributed by atoms with E-state index in [0.29, 0.717) is 23.4 Å². The minimum atomic E-state index is -0.333. The fourth-order valence-corrected chi connectivity index (χ4v) is 1.60. The van der Waals surface area contributed by atoms with Gasteiger partial charge in [0.15, 0.2) is 0 Å². The molecule has 0 aliphatic carbocycles. The maximum atomic E-state index is 13.8. The van der Waals surface area contributed by atoms with E-state index in [9.17, 15) is 4.39 Å². The normalized spacial score (nSPS) is 10.3. The molecule has 1 aromatic heterocycles. The number of hydrogen-bond acceptors (Lipinski definition) is 3. The van der Waals surface area contributed by atoms with Crippen LogP contribution in [0.5, 0.6) is 5.75 Å². The molecular formula is C13H13FN2O. The Morgan fingerprint density at radius 1 is 1.29 bits per heavy atom. The molecule has 0 unspecified atom stereocenters. The second-order valence-corrected chi connectivity index (χ2v) is 3.63. The van der Waals surface area contributed by atoms with Crippen LogP contribution in [-0.4, -0.2) is 12.1 Å².